The molecule has 1 amide bonds. The number of hydrogen-bond acceptors (Lipinski definition) is 3. The summed E-state index contributed by atoms with van der Waals surface area (Å²) in [5.74, 6) is 0.199. The summed E-state index contributed by atoms with van der Waals surface area (Å²) in [5, 5.41) is 0. The summed E-state index contributed by atoms with van der Waals surface area (Å²) < 4.78 is 4.89. The van der Waals surface area contributed by atoms with Crippen molar-refractivity contribution in [1.82, 2.24) is 9.88 Å². The van der Waals surface area contributed by atoms with Gasteiger partial charge in [-0.2, -0.15) is 0 Å². The number of carbonyl (C=O) groups excluding carboxylic acids is 1. The van der Waals surface area contributed by atoms with Crippen molar-refractivity contribution in [2.75, 3.05) is 13.6 Å². The van der Waals surface area contributed by atoms with Gasteiger partial charge < -0.3 is 9.32 Å². The molecule has 1 aromatic rings. The molecule has 0 N–H and O–H groups in total. The number of aromatic nitrogens is 1. The van der Waals surface area contributed by atoms with Gasteiger partial charge in [-0.1, -0.05) is 13.3 Å². The first kappa shape index (κ1) is 9.77. The molecule has 1 heterocycles. The van der Waals surface area contributed by atoms with Crippen LogP contribution in [0.1, 0.15) is 30.3 Å². The van der Waals surface area contributed by atoms with Crippen LogP contribution in [0.3, 0.4) is 0 Å². The van der Waals surface area contributed by atoms with Crippen LogP contribution in [0.4, 0.5) is 0 Å². The third-order valence-corrected chi connectivity index (χ3v) is 1.84. The fourth-order valence-electron chi connectivity index (χ4n) is 1.01. The second-order valence-electron chi connectivity index (χ2n) is 2.95. The van der Waals surface area contributed by atoms with Gasteiger partial charge >= 0.3 is 0 Å². The van der Waals surface area contributed by atoms with Gasteiger partial charge in [-0.15, -0.1) is 0 Å². The van der Waals surface area contributed by atoms with E-state index in [-0.39, 0.29) is 5.91 Å². The Morgan fingerprint density at radius 2 is 2.46 bits per heavy atom. The molecule has 0 aliphatic heterocycles. The van der Waals surface area contributed by atoms with Gasteiger partial charge in [0.05, 0.1) is 6.20 Å². The van der Waals surface area contributed by atoms with Crippen molar-refractivity contribution in [2.45, 2.75) is 19.8 Å². The zero-order valence-electron chi connectivity index (χ0n) is 7.99. The first-order chi connectivity index (χ1) is 6.25. The number of nitrogens with zero attached hydrogens (tertiary/aromatic N) is 2. The molecule has 13 heavy (non-hydrogen) atoms. The van der Waals surface area contributed by atoms with Crippen molar-refractivity contribution in [3.05, 3.63) is 18.4 Å². The van der Waals surface area contributed by atoms with E-state index in [0.717, 1.165) is 19.4 Å². The Balaban J connectivity index is 2.48. The fourth-order valence-corrected chi connectivity index (χ4v) is 1.01. The smallest absolute Gasteiger partial charge is 0.291 e. The van der Waals surface area contributed by atoms with E-state index in [1.165, 1.54) is 12.6 Å². The Labute approximate surface area is 77.6 Å². The summed E-state index contributed by atoms with van der Waals surface area (Å²) in [6.45, 7) is 2.85. The second kappa shape index (κ2) is 4.64. The predicted octanol–water partition coefficient (Wildman–Crippen LogP) is 1.55. The minimum absolute atomic E-state index is 0.106. The van der Waals surface area contributed by atoms with Gasteiger partial charge in [0, 0.05) is 13.6 Å². The maximum atomic E-state index is 11.5. The third-order valence-electron chi connectivity index (χ3n) is 1.84. The van der Waals surface area contributed by atoms with E-state index in [2.05, 4.69) is 11.9 Å². The highest BCUT2D eigenvalue weighted by Gasteiger charge is 2.13. The molecule has 4 heteroatoms. The van der Waals surface area contributed by atoms with Crippen molar-refractivity contribution in [1.29, 1.82) is 0 Å². The molecule has 72 valence electrons. The number of amides is 1. The molecule has 1 aromatic heterocycles. The van der Waals surface area contributed by atoms with E-state index >= 15 is 0 Å². The molecule has 0 unspecified atom stereocenters. The standard InChI is InChI=1S/C9H14N2O2/c1-3-4-5-11(2)9(12)8-6-10-7-13-8/h6-7H,3-5H2,1-2H3. The molecule has 0 spiro atoms. The normalized spacial score (nSPS) is 10.0. The van der Waals surface area contributed by atoms with E-state index < -0.39 is 0 Å². The lowest BCUT2D eigenvalue weighted by atomic mass is 10.3. The number of rotatable bonds is 4. The molecule has 0 aliphatic carbocycles. The lowest BCUT2D eigenvalue weighted by molar-refractivity contribution is 0.0762. The predicted molar refractivity (Wildman–Crippen MR) is 48.4 cm³/mol. The van der Waals surface area contributed by atoms with Gasteiger partial charge in [0.2, 0.25) is 5.76 Å². The van der Waals surface area contributed by atoms with Crippen LogP contribution in [0.2, 0.25) is 0 Å². The minimum atomic E-state index is -0.106. The number of oxazole rings is 1. The Hall–Kier alpha value is -1.32. The second-order valence-corrected chi connectivity index (χ2v) is 2.95. The number of hydrogen-bond donors (Lipinski definition) is 0. The topological polar surface area (TPSA) is 46.3 Å². The van der Waals surface area contributed by atoms with Crippen LogP contribution in [0.25, 0.3) is 0 Å². The number of unbranched alkanes of at least 4 members (excludes halogenated alkanes) is 1. The molecule has 0 saturated heterocycles. The number of carbonyl (C=O) groups is 1. The largest absolute Gasteiger partial charge is 0.438 e. The van der Waals surface area contributed by atoms with Gasteiger partial charge in [0.15, 0.2) is 6.39 Å². The quantitative estimate of drug-likeness (QED) is 0.709. The average Bonchev–Trinajstić information content (AvgIpc) is 2.65. The molecule has 0 bridgehead atoms. The monoisotopic (exact) mass is 182 g/mol. The molecule has 0 fully saturated rings. The molecular formula is C9H14N2O2. The molecule has 1 rings (SSSR count). The molecule has 0 radical (unpaired) electrons. The average molecular weight is 182 g/mol. The van der Waals surface area contributed by atoms with E-state index in [1.807, 2.05) is 0 Å². The van der Waals surface area contributed by atoms with Crippen molar-refractivity contribution < 1.29 is 9.21 Å². The summed E-state index contributed by atoms with van der Waals surface area (Å²) in [4.78, 5) is 16.8. The van der Waals surface area contributed by atoms with Crippen molar-refractivity contribution in [2.24, 2.45) is 0 Å². The third kappa shape index (κ3) is 2.57. The van der Waals surface area contributed by atoms with Gasteiger partial charge in [-0.3, -0.25) is 4.79 Å². The maximum absolute atomic E-state index is 11.5. The molecule has 0 aromatic carbocycles. The van der Waals surface area contributed by atoms with Crippen LogP contribution in [0.5, 0.6) is 0 Å². The van der Waals surface area contributed by atoms with E-state index in [9.17, 15) is 4.79 Å². The van der Waals surface area contributed by atoms with E-state index in [4.69, 9.17) is 4.42 Å². The zero-order chi connectivity index (χ0) is 9.68. The summed E-state index contributed by atoms with van der Waals surface area (Å²) >= 11 is 0. The van der Waals surface area contributed by atoms with E-state index in [0.29, 0.717) is 5.76 Å². The Morgan fingerprint density at radius 1 is 1.69 bits per heavy atom. The van der Waals surface area contributed by atoms with Crippen molar-refractivity contribution in [3.63, 3.8) is 0 Å². The van der Waals surface area contributed by atoms with Crippen LogP contribution >= 0.6 is 0 Å². The summed E-state index contributed by atoms with van der Waals surface area (Å²) in [7, 11) is 1.76. The molecular weight excluding hydrogens is 168 g/mol. The zero-order valence-corrected chi connectivity index (χ0v) is 7.99. The van der Waals surface area contributed by atoms with E-state index in [1.54, 1.807) is 11.9 Å². The highest BCUT2D eigenvalue weighted by Crippen LogP contribution is 2.02. The van der Waals surface area contributed by atoms with Crippen molar-refractivity contribution in [3.8, 4) is 0 Å². The Morgan fingerprint density at radius 3 is 3.00 bits per heavy atom. The summed E-state index contributed by atoms with van der Waals surface area (Å²) in [5.41, 5.74) is 0. The van der Waals surface area contributed by atoms with Crippen LogP contribution in [-0.4, -0.2) is 29.4 Å². The van der Waals surface area contributed by atoms with Crippen LogP contribution < -0.4 is 0 Å². The lowest BCUT2D eigenvalue weighted by Gasteiger charge is -2.14. The molecule has 0 saturated carbocycles. The summed E-state index contributed by atoms with van der Waals surface area (Å²) in [6.07, 6.45) is 4.79. The van der Waals surface area contributed by atoms with Crippen molar-refractivity contribution >= 4 is 5.91 Å². The Bertz CT molecular complexity index is 257. The highest BCUT2D eigenvalue weighted by atomic mass is 16.3. The first-order valence-electron chi connectivity index (χ1n) is 4.39. The van der Waals surface area contributed by atoms with Gasteiger partial charge in [0.25, 0.3) is 5.91 Å². The fraction of sp³-hybridized carbons (Fsp3) is 0.556. The summed E-state index contributed by atoms with van der Waals surface area (Å²) in [6, 6.07) is 0. The molecule has 4 nitrogen and oxygen atoms in total. The first-order valence-corrected chi connectivity index (χ1v) is 4.39. The van der Waals surface area contributed by atoms with Gasteiger partial charge in [-0.05, 0) is 6.42 Å². The van der Waals surface area contributed by atoms with Crippen LogP contribution in [0.15, 0.2) is 17.0 Å². The van der Waals surface area contributed by atoms with Crippen LogP contribution in [-0.2, 0) is 0 Å². The molecule has 0 aliphatic rings. The van der Waals surface area contributed by atoms with Crippen LogP contribution in [0, 0.1) is 0 Å². The SMILES string of the molecule is CCCCN(C)C(=O)c1cnco1. The molecule has 0 atom stereocenters. The van der Waals surface area contributed by atoms with Gasteiger partial charge in [0.1, 0.15) is 0 Å². The lowest BCUT2D eigenvalue weighted by Crippen LogP contribution is -2.27. The highest BCUT2D eigenvalue weighted by molar-refractivity contribution is 5.90. The minimum Gasteiger partial charge on any atom is -0.438 e. The Kier molecular flexibility index (Phi) is 3.49. The maximum Gasteiger partial charge on any atom is 0.291 e. The van der Waals surface area contributed by atoms with Gasteiger partial charge in [-0.25, -0.2) is 4.98 Å².